The van der Waals surface area contributed by atoms with Crippen LogP contribution in [-0.2, 0) is 23.8 Å². The Morgan fingerprint density at radius 3 is 1.47 bits per heavy atom. The number of hydrogen-bond donors (Lipinski definition) is 2. The summed E-state index contributed by atoms with van der Waals surface area (Å²) in [5.41, 5.74) is 0. The van der Waals surface area contributed by atoms with Gasteiger partial charge in [0.15, 0.2) is 0 Å². The zero-order chi connectivity index (χ0) is 13.5. The molecule has 0 fully saturated rings. The Morgan fingerprint density at radius 1 is 0.882 bits per heavy atom. The maximum Gasteiger partial charge on any atom is 0.328 e. The highest BCUT2D eigenvalue weighted by Crippen LogP contribution is 1.75. The largest absolute Gasteiger partial charge is 0.478 e. The fraction of sp³-hybridized carbons (Fsp3) is 0.600. The summed E-state index contributed by atoms with van der Waals surface area (Å²) in [5, 5.41) is 15.6. The first-order valence-corrected chi connectivity index (χ1v) is 4.74. The molecule has 0 aliphatic rings. The lowest BCUT2D eigenvalue weighted by Gasteiger charge is -2.00. The van der Waals surface area contributed by atoms with Crippen molar-refractivity contribution in [3.8, 4) is 0 Å². The van der Waals surface area contributed by atoms with Gasteiger partial charge in [0.25, 0.3) is 0 Å². The van der Waals surface area contributed by atoms with Crippen LogP contribution < -0.4 is 0 Å². The van der Waals surface area contributed by atoms with Gasteiger partial charge in [-0.15, -0.1) is 0 Å². The summed E-state index contributed by atoms with van der Waals surface area (Å²) < 4.78 is 14.6. The van der Waals surface area contributed by atoms with Gasteiger partial charge >= 0.3 is 11.9 Å². The molecule has 0 radical (unpaired) electrons. The second-order valence-corrected chi connectivity index (χ2v) is 2.61. The second-order valence-electron chi connectivity index (χ2n) is 2.61. The lowest BCUT2D eigenvalue weighted by Crippen LogP contribution is -2.06. The molecule has 0 aliphatic carbocycles. The van der Waals surface area contributed by atoms with Crippen LogP contribution >= 0.6 is 0 Å². The van der Waals surface area contributed by atoms with Gasteiger partial charge in [-0.1, -0.05) is 0 Å². The third-order valence-corrected chi connectivity index (χ3v) is 1.23. The van der Waals surface area contributed by atoms with Crippen molar-refractivity contribution in [3.05, 3.63) is 12.2 Å². The van der Waals surface area contributed by atoms with Crippen LogP contribution in [0.25, 0.3) is 0 Å². The van der Waals surface area contributed by atoms with E-state index in [2.05, 4.69) is 0 Å². The van der Waals surface area contributed by atoms with Gasteiger partial charge in [-0.2, -0.15) is 0 Å². The number of aliphatic carboxylic acids is 2. The molecule has 7 heteroatoms. The van der Waals surface area contributed by atoms with E-state index in [9.17, 15) is 9.59 Å². The van der Waals surface area contributed by atoms with E-state index in [1.807, 2.05) is 0 Å². The van der Waals surface area contributed by atoms with Crippen molar-refractivity contribution in [2.45, 2.75) is 0 Å². The fourth-order valence-electron chi connectivity index (χ4n) is 0.529. The zero-order valence-corrected chi connectivity index (χ0v) is 9.92. The molecule has 0 aliphatic heterocycles. The van der Waals surface area contributed by atoms with Crippen LogP contribution in [0, 0.1) is 0 Å². The molecule has 2 N–H and O–H groups in total. The Bertz CT molecular complexity index is 203. The van der Waals surface area contributed by atoms with E-state index in [4.69, 9.17) is 24.4 Å². The molecule has 0 aromatic heterocycles. The molecule has 0 aromatic rings. The average molecular weight is 250 g/mol. The number of rotatable bonds is 8. The van der Waals surface area contributed by atoms with Crippen molar-refractivity contribution >= 4 is 11.9 Å². The molecule has 0 heterocycles. The normalized spacial score (nSPS) is 9.76. The molecule has 0 aromatic carbocycles. The first-order valence-electron chi connectivity index (χ1n) is 4.74. The van der Waals surface area contributed by atoms with Gasteiger partial charge in [0, 0.05) is 26.4 Å². The molecule has 0 unspecified atom stereocenters. The standard InChI is InChI=1S/C6H14O3.C4H4O4/c1-7-3-5-9-6-4-8-2;5-3(6)1-2-4(7)8/h3-6H2,1-2H3;1-2H,(H,5,6)(H,7,8)/b;2-1-. The van der Waals surface area contributed by atoms with Crippen LogP contribution in [0.3, 0.4) is 0 Å². The molecule has 0 bridgehead atoms. The van der Waals surface area contributed by atoms with Crippen LogP contribution in [-0.4, -0.2) is 62.8 Å². The molecule has 0 spiro atoms. The van der Waals surface area contributed by atoms with Crippen LogP contribution in [0.15, 0.2) is 12.2 Å². The van der Waals surface area contributed by atoms with E-state index in [1.165, 1.54) is 0 Å². The van der Waals surface area contributed by atoms with E-state index < -0.39 is 11.9 Å². The summed E-state index contributed by atoms with van der Waals surface area (Å²) >= 11 is 0. The third kappa shape index (κ3) is 25.1. The van der Waals surface area contributed by atoms with Gasteiger partial charge in [0.05, 0.1) is 26.4 Å². The molecule has 100 valence electrons. The van der Waals surface area contributed by atoms with Crippen molar-refractivity contribution in [2.24, 2.45) is 0 Å². The van der Waals surface area contributed by atoms with Gasteiger partial charge in [0.1, 0.15) is 0 Å². The first-order chi connectivity index (χ1) is 8.04. The maximum absolute atomic E-state index is 9.55. The number of carboxylic acids is 2. The Balaban J connectivity index is 0. The highest BCUT2D eigenvalue weighted by molar-refractivity contribution is 5.89. The Hall–Kier alpha value is -1.44. The molecule has 0 atom stereocenters. The fourth-order valence-corrected chi connectivity index (χ4v) is 0.529. The minimum Gasteiger partial charge on any atom is -0.478 e. The van der Waals surface area contributed by atoms with E-state index in [-0.39, 0.29) is 0 Å². The Morgan fingerprint density at radius 2 is 1.24 bits per heavy atom. The molecular weight excluding hydrogens is 232 g/mol. The smallest absolute Gasteiger partial charge is 0.328 e. The number of carbonyl (C=O) groups is 2. The highest BCUT2D eigenvalue weighted by Gasteiger charge is 1.88. The topological polar surface area (TPSA) is 102 Å². The molecular formula is C10H18O7. The lowest BCUT2D eigenvalue weighted by atomic mass is 10.5. The quantitative estimate of drug-likeness (QED) is 0.462. The van der Waals surface area contributed by atoms with Gasteiger partial charge in [-0.05, 0) is 0 Å². The average Bonchev–Trinajstić information content (AvgIpc) is 2.27. The molecule has 17 heavy (non-hydrogen) atoms. The summed E-state index contributed by atoms with van der Waals surface area (Å²) in [4.78, 5) is 19.1. The van der Waals surface area contributed by atoms with Gasteiger partial charge < -0.3 is 24.4 Å². The first kappa shape index (κ1) is 17.9. The van der Waals surface area contributed by atoms with Gasteiger partial charge in [0.2, 0.25) is 0 Å². The molecule has 7 nitrogen and oxygen atoms in total. The molecule has 0 saturated carbocycles. The predicted molar refractivity (Wildman–Crippen MR) is 59.0 cm³/mol. The molecule has 0 amide bonds. The van der Waals surface area contributed by atoms with Crippen molar-refractivity contribution in [1.82, 2.24) is 0 Å². The predicted octanol–water partition coefficient (Wildman–Crippen LogP) is 0.00760. The molecule has 0 rings (SSSR count). The summed E-state index contributed by atoms with van der Waals surface area (Å²) in [6, 6.07) is 0. The van der Waals surface area contributed by atoms with Crippen molar-refractivity contribution in [2.75, 3.05) is 40.6 Å². The Kier molecular flexibility index (Phi) is 15.4. The van der Waals surface area contributed by atoms with Gasteiger partial charge in [-0.25, -0.2) is 9.59 Å². The zero-order valence-electron chi connectivity index (χ0n) is 9.92. The number of carboxylic acid groups (broad SMARTS) is 2. The Labute approximate surface area is 99.6 Å². The van der Waals surface area contributed by atoms with Crippen LogP contribution in [0.2, 0.25) is 0 Å². The molecule has 0 saturated heterocycles. The third-order valence-electron chi connectivity index (χ3n) is 1.23. The SMILES string of the molecule is COCCOCCOC.O=C(O)/C=C\C(=O)O. The maximum atomic E-state index is 9.55. The van der Waals surface area contributed by atoms with Crippen LogP contribution in [0.4, 0.5) is 0 Å². The number of methoxy groups -OCH3 is 2. The van der Waals surface area contributed by atoms with E-state index in [1.54, 1.807) is 14.2 Å². The van der Waals surface area contributed by atoms with Crippen molar-refractivity contribution < 1.29 is 34.0 Å². The highest BCUT2D eigenvalue weighted by atomic mass is 16.5. The number of hydrogen-bond acceptors (Lipinski definition) is 5. The monoisotopic (exact) mass is 250 g/mol. The number of ether oxygens (including phenoxy) is 3. The summed E-state index contributed by atoms with van der Waals surface area (Å²) in [6.45, 7) is 2.62. The minimum atomic E-state index is -1.26. The second kappa shape index (κ2) is 14.6. The van der Waals surface area contributed by atoms with Gasteiger partial charge in [-0.3, -0.25) is 0 Å². The van der Waals surface area contributed by atoms with Crippen molar-refractivity contribution in [3.63, 3.8) is 0 Å². The van der Waals surface area contributed by atoms with E-state index in [0.29, 0.717) is 38.6 Å². The lowest BCUT2D eigenvalue weighted by molar-refractivity contribution is -0.134. The van der Waals surface area contributed by atoms with Crippen LogP contribution in [0.5, 0.6) is 0 Å². The summed E-state index contributed by atoms with van der Waals surface area (Å²) in [6.07, 6.45) is 1.12. The summed E-state index contributed by atoms with van der Waals surface area (Å²) in [7, 11) is 3.30. The summed E-state index contributed by atoms with van der Waals surface area (Å²) in [5.74, 6) is -2.51. The minimum absolute atomic E-state index is 0.558. The van der Waals surface area contributed by atoms with E-state index in [0.717, 1.165) is 0 Å². The van der Waals surface area contributed by atoms with E-state index >= 15 is 0 Å². The van der Waals surface area contributed by atoms with Crippen LogP contribution in [0.1, 0.15) is 0 Å². The van der Waals surface area contributed by atoms with Crippen molar-refractivity contribution in [1.29, 1.82) is 0 Å².